The van der Waals surface area contributed by atoms with Crippen LogP contribution in [0.3, 0.4) is 0 Å². The predicted octanol–water partition coefficient (Wildman–Crippen LogP) is 2.15. The fourth-order valence-electron chi connectivity index (χ4n) is 4.93. The van der Waals surface area contributed by atoms with Crippen LogP contribution in [-0.2, 0) is 13.0 Å². The lowest BCUT2D eigenvalue weighted by Crippen LogP contribution is -2.42. The quantitative estimate of drug-likeness (QED) is 0.784. The zero-order valence-electron chi connectivity index (χ0n) is 17.1. The SMILES string of the molecule is CCNC(=O)N1CC2CN(Cc3cnc(N)nc3)CC2(CCc2ccccc2)C1. The maximum absolute atomic E-state index is 12.5. The third-order valence-electron chi connectivity index (χ3n) is 6.33. The molecule has 7 nitrogen and oxygen atoms in total. The van der Waals surface area contributed by atoms with Gasteiger partial charge in [0, 0.05) is 62.6 Å². The Hall–Kier alpha value is -2.67. The van der Waals surface area contributed by atoms with Gasteiger partial charge >= 0.3 is 6.03 Å². The van der Waals surface area contributed by atoms with Crippen LogP contribution in [0.15, 0.2) is 42.7 Å². The molecule has 0 saturated carbocycles. The molecule has 2 aliphatic rings. The molecule has 7 heteroatoms. The van der Waals surface area contributed by atoms with Crippen LogP contribution in [0.1, 0.15) is 24.5 Å². The normalized spacial score (nSPS) is 23.9. The Morgan fingerprint density at radius 3 is 2.66 bits per heavy atom. The third kappa shape index (κ3) is 4.34. The summed E-state index contributed by atoms with van der Waals surface area (Å²) in [5.74, 6) is 0.799. The summed E-state index contributed by atoms with van der Waals surface area (Å²) in [6.45, 7) is 7.10. The number of fused-ring (bicyclic) bond motifs is 1. The van der Waals surface area contributed by atoms with Crippen molar-refractivity contribution in [3.63, 3.8) is 0 Å². The van der Waals surface area contributed by atoms with E-state index < -0.39 is 0 Å². The average Bonchev–Trinajstić information content (AvgIpc) is 3.23. The van der Waals surface area contributed by atoms with Crippen molar-refractivity contribution >= 4 is 12.0 Å². The molecule has 2 aromatic rings. The van der Waals surface area contributed by atoms with E-state index in [-0.39, 0.29) is 11.4 Å². The number of nitrogens with one attached hydrogen (secondary N) is 1. The first-order valence-electron chi connectivity index (χ1n) is 10.4. The first kappa shape index (κ1) is 19.6. The number of aromatic nitrogens is 2. The van der Waals surface area contributed by atoms with Gasteiger partial charge in [-0.15, -0.1) is 0 Å². The number of rotatable bonds is 6. The second-order valence-electron chi connectivity index (χ2n) is 8.38. The van der Waals surface area contributed by atoms with Gasteiger partial charge in [-0.3, -0.25) is 4.90 Å². The Labute approximate surface area is 172 Å². The van der Waals surface area contributed by atoms with E-state index in [0.717, 1.165) is 51.1 Å². The van der Waals surface area contributed by atoms with Gasteiger partial charge in [-0.25, -0.2) is 14.8 Å². The van der Waals surface area contributed by atoms with E-state index in [0.29, 0.717) is 18.4 Å². The Kier molecular flexibility index (Phi) is 5.67. The number of nitrogens with zero attached hydrogens (tertiary/aromatic N) is 4. The number of nitrogen functional groups attached to an aromatic ring is 1. The fraction of sp³-hybridized carbons (Fsp3) is 0.500. The summed E-state index contributed by atoms with van der Waals surface area (Å²) in [7, 11) is 0. The molecule has 0 radical (unpaired) electrons. The molecule has 2 atom stereocenters. The third-order valence-corrected chi connectivity index (χ3v) is 6.33. The zero-order chi connectivity index (χ0) is 20.3. The summed E-state index contributed by atoms with van der Waals surface area (Å²) in [4.78, 5) is 25.2. The van der Waals surface area contributed by atoms with Crippen molar-refractivity contribution < 1.29 is 4.79 Å². The Morgan fingerprint density at radius 2 is 1.93 bits per heavy atom. The van der Waals surface area contributed by atoms with Crippen molar-refractivity contribution in [3.05, 3.63) is 53.9 Å². The van der Waals surface area contributed by atoms with Gasteiger partial charge in [-0.05, 0) is 31.2 Å². The number of anilines is 1. The molecule has 0 spiro atoms. The summed E-state index contributed by atoms with van der Waals surface area (Å²) in [6, 6.07) is 10.7. The van der Waals surface area contributed by atoms with Gasteiger partial charge in [0.1, 0.15) is 0 Å². The molecule has 1 aromatic carbocycles. The van der Waals surface area contributed by atoms with Crippen molar-refractivity contribution in [1.82, 2.24) is 25.1 Å². The number of carbonyl (C=O) groups is 1. The first-order valence-corrected chi connectivity index (χ1v) is 10.4. The Morgan fingerprint density at radius 1 is 1.17 bits per heavy atom. The molecule has 154 valence electrons. The van der Waals surface area contributed by atoms with Gasteiger partial charge in [0.15, 0.2) is 0 Å². The summed E-state index contributed by atoms with van der Waals surface area (Å²) < 4.78 is 0. The molecule has 2 fully saturated rings. The molecule has 2 unspecified atom stereocenters. The molecule has 0 bridgehead atoms. The number of amides is 2. The average molecular weight is 395 g/mol. The molecule has 2 saturated heterocycles. The topological polar surface area (TPSA) is 87.4 Å². The van der Waals surface area contributed by atoms with Crippen LogP contribution in [0, 0.1) is 11.3 Å². The highest BCUT2D eigenvalue weighted by Gasteiger charge is 2.52. The van der Waals surface area contributed by atoms with Crippen molar-refractivity contribution in [3.8, 4) is 0 Å². The molecule has 29 heavy (non-hydrogen) atoms. The number of hydrogen-bond donors (Lipinski definition) is 2. The lowest BCUT2D eigenvalue weighted by molar-refractivity contribution is 0.183. The van der Waals surface area contributed by atoms with Gasteiger partial charge in [-0.2, -0.15) is 0 Å². The summed E-state index contributed by atoms with van der Waals surface area (Å²) in [6.07, 6.45) is 5.76. The van der Waals surface area contributed by atoms with E-state index in [2.05, 4.69) is 50.5 Å². The largest absolute Gasteiger partial charge is 0.368 e. The number of urea groups is 1. The van der Waals surface area contributed by atoms with Crippen molar-refractivity contribution in [2.24, 2.45) is 11.3 Å². The van der Waals surface area contributed by atoms with Crippen molar-refractivity contribution in [1.29, 1.82) is 0 Å². The standard InChI is InChI=1S/C22H30N6O/c1-2-24-21(29)28-14-19-13-27(12-18-10-25-20(23)26-11-18)15-22(19,16-28)9-8-17-6-4-3-5-7-17/h3-7,10-11,19H,2,8-9,12-16H2,1H3,(H,24,29)(H2,23,25,26). The molecular formula is C22H30N6O. The van der Waals surface area contributed by atoms with E-state index >= 15 is 0 Å². The zero-order valence-corrected chi connectivity index (χ0v) is 17.1. The Balaban J connectivity index is 1.47. The summed E-state index contributed by atoms with van der Waals surface area (Å²) in [5.41, 5.74) is 8.19. The van der Waals surface area contributed by atoms with E-state index in [1.165, 1.54) is 5.56 Å². The van der Waals surface area contributed by atoms with E-state index in [9.17, 15) is 4.79 Å². The van der Waals surface area contributed by atoms with Gasteiger partial charge in [-0.1, -0.05) is 30.3 Å². The highest BCUT2D eigenvalue weighted by Crippen LogP contribution is 2.46. The molecule has 2 amide bonds. The van der Waals surface area contributed by atoms with Crippen LogP contribution in [-0.4, -0.2) is 58.5 Å². The Bertz CT molecular complexity index is 827. The highest BCUT2D eigenvalue weighted by atomic mass is 16.2. The van der Waals surface area contributed by atoms with Gasteiger partial charge < -0.3 is 16.0 Å². The lowest BCUT2D eigenvalue weighted by Gasteiger charge is -2.29. The van der Waals surface area contributed by atoms with Gasteiger partial charge in [0.2, 0.25) is 5.95 Å². The first-order chi connectivity index (χ1) is 14.1. The van der Waals surface area contributed by atoms with Gasteiger partial charge in [0.05, 0.1) is 0 Å². The molecule has 2 aliphatic heterocycles. The van der Waals surface area contributed by atoms with E-state index in [1.807, 2.05) is 24.2 Å². The predicted molar refractivity (Wildman–Crippen MR) is 113 cm³/mol. The highest BCUT2D eigenvalue weighted by molar-refractivity contribution is 5.74. The maximum Gasteiger partial charge on any atom is 0.317 e. The van der Waals surface area contributed by atoms with Crippen molar-refractivity contribution in [2.45, 2.75) is 26.3 Å². The second-order valence-corrected chi connectivity index (χ2v) is 8.38. The summed E-state index contributed by atoms with van der Waals surface area (Å²) in [5, 5.41) is 2.97. The van der Waals surface area contributed by atoms with E-state index in [4.69, 9.17) is 5.73 Å². The second kappa shape index (κ2) is 8.37. The molecule has 1 aromatic heterocycles. The number of nitrogens with two attached hydrogens (primary N) is 1. The number of aryl methyl sites for hydroxylation is 1. The molecule has 3 N–H and O–H groups in total. The van der Waals surface area contributed by atoms with Crippen molar-refractivity contribution in [2.75, 3.05) is 38.5 Å². The van der Waals surface area contributed by atoms with Crippen LogP contribution < -0.4 is 11.1 Å². The minimum absolute atomic E-state index is 0.0690. The minimum Gasteiger partial charge on any atom is -0.368 e. The molecule has 4 rings (SSSR count). The van der Waals surface area contributed by atoms with Gasteiger partial charge in [0.25, 0.3) is 0 Å². The number of likely N-dealkylation sites (tertiary alicyclic amines) is 2. The molecule has 0 aliphatic carbocycles. The monoisotopic (exact) mass is 394 g/mol. The number of benzene rings is 1. The van der Waals surface area contributed by atoms with Crippen LogP contribution in [0.2, 0.25) is 0 Å². The number of hydrogen-bond acceptors (Lipinski definition) is 5. The van der Waals surface area contributed by atoms with Crippen LogP contribution in [0.4, 0.5) is 10.7 Å². The minimum atomic E-state index is 0.0690. The molecule has 3 heterocycles. The number of carbonyl (C=O) groups excluding carboxylic acids is 1. The summed E-state index contributed by atoms with van der Waals surface area (Å²) >= 11 is 0. The fourth-order valence-corrected chi connectivity index (χ4v) is 4.93. The van der Waals surface area contributed by atoms with Crippen LogP contribution in [0.5, 0.6) is 0 Å². The maximum atomic E-state index is 12.5. The van der Waals surface area contributed by atoms with Crippen LogP contribution in [0.25, 0.3) is 0 Å². The smallest absolute Gasteiger partial charge is 0.317 e. The lowest BCUT2D eigenvalue weighted by atomic mass is 9.76. The molecular weight excluding hydrogens is 364 g/mol. The van der Waals surface area contributed by atoms with Crippen LogP contribution >= 0.6 is 0 Å². The van der Waals surface area contributed by atoms with E-state index in [1.54, 1.807) is 0 Å².